The van der Waals surface area contributed by atoms with Gasteiger partial charge in [-0.1, -0.05) is 6.07 Å². The Kier molecular flexibility index (Phi) is 5.86. The Hall–Kier alpha value is -3.87. The van der Waals surface area contributed by atoms with Crippen molar-refractivity contribution < 1.29 is 14.4 Å². The summed E-state index contributed by atoms with van der Waals surface area (Å²) in [6.07, 6.45) is 4.43. The number of pyridine rings is 2. The van der Waals surface area contributed by atoms with Crippen molar-refractivity contribution in [1.29, 1.82) is 0 Å². The summed E-state index contributed by atoms with van der Waals surface area (Å²) in [4.78, 5) is 44.2. The van der Waals surface area contributed by atoms with E-state index in [1.807, 2.05) is 6.07 Å². The molecule has 0 aliphatic rings. The fourth-order valence-corrected chi connectivity index (χ4v) is 2.46. The van der Waals surface area contributed by atoms with E-state index in [0.717, 1.165) is 5.69 Å². The smallest absolute Gasteiger partial charge is 0.257 e. The number of aromatic nitrogens is 2. The van der Waals surface area contributed by atoms with E-state index in [1.54, 1.807) is 42.6 Å². The van der Waals surface area contributed by atoms with Crippen molar-refractivity contribution in [3.8, 4) is 0 Å². The van der Waals surface area contributed by atoms with Crippen molar-refractivity contribution in [3.05, 3.63) is 89.5 Å². The monoisotopic (exact) mass is 374 g/mol. The van der Waals surface area contributed by atoms with Crippen LogP contribution in [0.25, 0.3) is 0 Å². The zero-order valence-corrected chi connectivity index (χ0v) is 15.2. The minimum Gasteiger partial charge on any atom is -0.346 e. The van der Waals surface area contributed by atoms with Crippen LogP contribution in [-0.2, 0) is 6.54 Å². The maximum atomic E-state index is 12.4. The SMILES string of the molecule is CC(=O)c1ccc(NC(=O)c2cncc(C(=O)NCc3ccccn3)c2)cc1. The first-order valence-corrected chi connectivity index (χ1v) is 8.58. The molecule has 3 aromatic rings. The van der Waals surface area contributed by atoms with Crippen molar-refractivity contribution in [1.82, 2.24) is 15.3 Å². The van der Waals surface area contributed by atoms with E-state index >= 15 is 0 Å². The first-order chi connectivity index (χ1) is 13.5. The lowest BCUT2D eigenvalue weighted by atomic mass is 10.1. The lowest BCUT2D eigenvalue weighted by molar-refractivity contribution is 0.0949. The van der Waals surface area contributed by atoms with Gasteiger partial charge in [-0.05, 0) is 49.4 Å². The van der Waals surface area contributed by atoms with Gasteiger partial charge < -0.3 is 10.6 Å². The molecular weight excluding hydrogens is 356 g/mol. The highest BCUT2D eigenvalue weighted by Crippen LogP contribution is 2.12. The molecule has 28 heavy (non-hydrogen) atoms. The Morgan fingerprint density at radius 2 is 1.61 bits per heavy atom. The molecule has 0 aliphatic heterocycles. The van der Waals surface area contributed by atoms with Crippen molar-refractivity contribution in [2.75, 3.05) is 5.32 Å². The average molecular weight is 374 g/mol. The summed E-state index contributed by atoms with van der Waals surface area (Å²) in [5.41, 5.74) is 2.36. The van der Waals surface area contributed by atoms with Gasteiger partial charge in [0.15, 0.2) is 5.78 Å². The van der Waals surface area contributed by atoms with Gasteiger partial charge in [0.2, 0.25) is 0 Å². The maximum absolute atomic E-state index is 12.4. The lowest BCUT2D eigenvalue weighted by Gasteiger charge is -2.08. The van der Waals surface area contributed by atoms with Crippen LogP contribution in [-0.4, -0.2) is 27.6 Å². The van der Waals surface area contributed by atoms with Gasteiger partial charge >= 0.3 is 0 Å². The summed E-state index contributed by atoms with van der Waals surface area (Å²) in [7, 11) is 0. The quantitative estimate of drug-likeness (QED) is 0.646. The van der Waals surface area contributed by atoms with Gasteiger partial charge in [0.1, 0.15) is 0 Å². The third-order valence-corrected chi connectivity index (χ3v) is 3.97. The molecule has 0 saturated heterocycles. The zero-order chi connectivity index (χ0) is 19.9. The zero-order valence-electron chi connectivity index (χ0n) is 15.2. The second kappa shape index (κ2) is 8.68. The Morgan fingerprint density at radius 3 is 2.25 bits per heavy atom. The number of Topliss-reactive ketones (excluding diaryl/α,β-unsaturated/α-hetero) is 1. The predicted molar refractivity (Wildman–Crippen MR) is 104 cm³/mol. The molecule has 0 unspecified atom stereocenters. The summed E-state index contributed by atoms with van der Waals surface area (Å²) in [6.45, 7) is 1.75. The molecule has 2 aromatic heterocycles. The molecule has 0 radical (unpaired) electrons. The fourth-order valence-electron chi connectivity index (χ4n) is 2.46. The molecule has 0 bridgehead atoms. The second-order valence-corrected chi connectivity index (χ2v) is 6.05. The van der Waals surface area contributed by atoms with E-state index in [0.29, 0.717) is 11.3 Å². The minimum absolute atomic E-state index is 0.0495. The number of rotatable bonds is 6. The number of nitrogens with zero attached hydrogens (tertiary/aromatic N) is 2. The predicted octanol–water partition coefficient (Wildman–Crippen LogP) is 2.86. The van der Waals surface area contributed by atoms with Crippen LogP contribution in [0.15, 0.2) is 67.1 Å². The largest absolute Gasteiger partial charge is 0.346 e. The van der Waals surface area contributed by atoms with Crippen LogP contribution in [0.1, 0.15) is 43.7 Å². The number of hydrogen-bond acceptors (Lipinski definition) is 5. The molecule has 1 aromatic carbocycles. The van der Waals surface area contributed by atoms with E-state index in [2.05, 4.69) is 20.6 Å². The molecule has 7 heteroatoms. The van der Waals surface area contributed by atoms with Crippen LogP contribution < -0.4 is 10.6 Å². The molecule has 0 fully saturated rings. The summed E-state index contributed by atoms with van der Waals surface area (Å²) >= 11 is 0. The number of hydrogen-bond donors (Lipinski definition) is 2. The minimum atomic E-state index is -0.401. The number of ketones is 1. The lowest BCUT2D eigenvalue weighted by Crippen LogP contribution is -2.24. The highest BCUT2D eigenvalue weighted by Gasteiger charge is 2.12. The van der Waals surface area contributed by atoms with E-state index in [1.165, 1.54) is 25.4 Å². The topological polar surface area (TPSA) is 101 Å². The fraction of sp³-hybridized carbons (Fsp3) is 0.0952. The number of benzene rings is 1. The Balaban J connectivity index is 1.65. The summed E-state index contributed by atoms with van der Waals surface area (Å²) in [5, 5.41) is 5.46. The standard InChI is InChI=1S/C21H18N4O3/c1-14(26)15-5-7-18(8-6-15)25-21(28)17-10-16(11-22-12-17)20(27)24-13-19-4-2-3-9-23-19/h2-12H,13H2,1H3,(H,24,27)(H,25,28). The Bertz CT molecular complexity index is 1000. The highest BCUT2D eigenvalue weighted by atomic mass is 16.2. The molecular formula is C21H18N4O3. The molecule has 2 amide bonds. The summed E-state index contributed by atoms with van der Waals surface area (Å²) < 4.78 is 0. The summed E-state index contributed by atoms with van der Waals surface area (Å²) in [5.74, 6) is -0.799. The molecule has 0 aliphatic carbocycles. The summed E-state index contributed by atoms with van der Waals surface area (Å²) in [6, 6.07) is 13.5. The van der Waals surface area contributed by atoms with Crippen molar-refractivity contribution in [2.24, 2.45) is 0 Å². The number of carbonyl (C=O) groups is 3. The van der Waals surface area contributed by atoms with E-state index in [-0.39, 0.29) is 29.4 Å². The van der Waals surface area contributed by atoms with E-state index in [4.69, 9.17) is 0 Å². The Labute approximate surface area is 161 Å². The van der Waals surface area contributed by atoms with Crippen molar-refractivity contribution >= 4 is 23.3 Å². The highest BCUT2D eigenvalue weighted by molar-refractivity contribution is 6.06. The normalized spacial score (nSPS) is 10.2. The third-order valence-electron chi connectivity index (χ3n) is 3.97. The molecule has 0 atom stereocenters. The second-order valence-electron chi connectivity index (χ2n) is 6.05. The number of nitrogens with one attached hydrogen (secondary N) is 2. The van der Waals surface area contributed by atoms with Gasteiger partial charge in [-0.15, -0.1) is 0 Å². The van der Waals surface area contributed by atoms with Crippen LogP contribution in [0.5, 0.6) is 0 Å². The Morgan fingerprint density at radius 1 is 0.893 bits per heavy atom. The van der Waals surface area contributed by atoms with E-state index in [9.17, 15) is 14.4 Å². The molecule has 2 heterocycles. The van der Waals surface area contributed by atoms with Crippen molar-refractivity contribution in [2.45, 2.75) is 13.5 Å². The van der Waals surface area contributed by atoms with Crippen LogP contribution in [0.2, 0.25) is 0 Å². The molecule has 3 rings (SSSR count). The first kappa shape index (κ1) is 18.9. The molecule has 2 N–H and O–H groups in total. The average Bonchev–Trinajstić information content (AvgIpc) is 2.73. The van der Waals surface area contributed by atoms with E-state index < -0.39 is 5.91 Å². The van der Waals surface area contributed by atoms with Crippen LogP contribution in [0.3, 0.4) is 0 Å². The van der Waals surface area contributed by atoms with Crippen molar-refractivity contribution in [3.63, 3.8) is 0 Å². The molecule has 7 nitrogen and oxygen atoms in total. The van der Waals surface area contributed by atoms with Crippen LogP contribution >= 0.6 is 0 Å². The molecule has 140 valence electrons. The number of carbonyl (C=O) groups excluding carboxylic acids is 3. The van der Waals surface area contributed by atoms with Gasteiger partial charge in [0.05, 0.1) is 23.4 Å². The molecule has 0 spiro atoms. The van der Waals surface area contributed by atoms with Gasteiger partial charge in [-0.3, -0.25) is 24.4 Å². The van der Waals surface area contributed by atoms with Gasteiger partial charge in [-0.2, -0.15) is 0 Å². The number of amides is 2. The molecule has 0 saturated carbocycles. The number of anilines is 1. The third kappa shape index (κ3) is 4.85. The van der Waals surface area contributed by atoms with Crippen LogP contribution in [0.4, 0.5) is 5.69 Å². The van der Waals surface area contributed by atoms with Gasteiger partial charge in [0, 0.05) is 29.8 Å². The van der Waals surface area contributed by atoms with Crippen LogP contribution in [0, 0.1) is 0 Å². The first-order valence-electron chi connectivity index (χ1n) is 8.58. The van der Waals surface area contributed by atoms with Gasteiger partial charge in [-0.25, -0.2) is 0 Å². The van der Waals surface area contributed by atoms with Gasteiger partial charge in [0.25, 0.3) is 11.8 Å². The maximum Gasteiger partial charge on any atom is 0.257 e.